The molecule has 0 bridgehead atoms. The number of aryl methyl sites for hydroxylation is 1. The van der Waals surface area contributed by atoms with Crippen LogP contribution in [0.15, 0.2) is 48.5 Å². The largest absolute Gasteiger partial charge is 0.487 e. The van der Waals surface area contributed by atoms with E-state index in [1.165, 1.54) is 10.9 Å². The Hall–Kier alpha value is -2.26. The van der Waals surface area contributed by atoms with Crippen molar-refractivity contribution in [2.45, 2.75) is 20.1 Å². The Morgan fingerprint density at radius 3 is 2.65 bits per heavy atom. The molecule has 3 heteroatoms. The highest BCUT2D eigenvalue weighted by Crippen LogP contribution is 2.21. The lowest BCUT2D eigenvalue weighted by atomic mass is 10.1. The van der Waals surface area contributed by atoms with Gasteiger partial charge >= 0.3 is 0 Å². The van der Waals surface area contributed by atoms with E-state index in [4.69, 9.17) is 10.5 Å². The summed E-state index contributed by atoms with van der Waals surface area (Å²) in [6, 6.07) is 16.3. The third kappa shape index (κ3) is 2.53. The summed E-state index contributed by atoms with van der Waals surface area (Å²) in [4.78, 5) is 3.37. The van der Waals surface area contributed by atoms with E-state index in [0.717, 1.165) is 22.5 Å². The molecule has 3 aromatic rings. The summed E-state index contributed by atoms with van der Waals surface area (Å²) in [5, 5.41) is 1.18. The first-order valence-corrected chi connectivity index (χ1v) is 6.75. The Kier molecular flexibility index (Phi) is 3.44. The number of nitrogens with one attached hydrogen (secondary N) is 1. The molecular formula is C17H18N2O. The second-order valence-electron chi connectivity index (χ2n) is 4.98. The van der Waals surface area contributed by atoms with Gasteiger partial charge in [0.2, 0.25) is 0 Å². The van der Waals surface area contributed by atoms with Crippen molar-refractivity contribution in [1.82, 2.24) is 4.98 Å². The molecule has 0 unspecified atom stereocenters. The highest BCUT2D eigenvalue weighted by molar-refractivity contribution is 5.83. The maximum absolute atomic E-state index is 5.79. The average Bonchev–Trinajstić information content (AvgIpc) is 2.89. The topological polar surface area (TPSA) is 51.0 Å². The van der Waals surface area contributed by atoms with Crippen LogP contribution >= 0.6 is 0 Å². The normalized spacial score (nSPS) is 10.9. The first kappa shape index (κ1) is 12.8. The molecule has 0 aliphatic rings. The number of benzene rings is 2. The van der Waals surface area contributed by atoms with E-state index in [1.807, 2.05) is 30.3 Å². The van der Waals surface area contributed by atoms with Crippen LogP contribution in [0.1, 0.15) is 16.8 Å². The second kappa shape index (κ2) is 5.39. The summed E-state index contributed by atoms with van der Waals surface area (Å²) in [7, 11) is 0. The fourth-order valence-electron chi connectivity index (χ4n) is 2.33. The third-order valence-electron chi connectivity index (χ3n) is 3.45. The lowest BCUT2D eigenvalue weighted by molar-refractivity contribution is 0.302. The van der Waals surface area contributed by atoms with E-state index in [-0.39, 0.29) is 0 Å². The van der Waals surface area contributed by atoms with Gasteiger partial charge in [0, 0.05) is 17.4 Å². The molecule has 3 nitrogen and oxygen atoms in total. The highest BCUT2D eigenvalue weighted by Gasteiger charge is 2.05. The Labute approximate surface area is 118 Å². The van der Waals surface area contributed by atoms with Gasteiger partial charge in [0.1, 0.15) is 12.4 Å². The van der Waals surface area contributed by atoms with Crippen molar-refractivity contribution in [3.63, 3.8) is 0 Å². The number of nitrogens with two attached hydrogens (primary N) is 1. The van der Waals surface area contributed by atoms with Gasteiger partial charge in [-0.05, 0) is 36.8 Å². The van der Waals surface area contributed by atoms with Crippen LogP contribution in [0.4, 0.5) is 0 Å². The van der Waals surface area contributed by atoms with Gasteiger partial charge in [-0.25, -0.2) is 0 Å². The Morgan fingerprint density at radius 2 is 1.90 bits per heavy atom. The van der Waals surface area contributed by atoms with E-state index in [2.05, 4.69) is 30.1 Å². The van der Waals surface area contributed by atoms with Crippen LogP contribution in [-0.4, -0.2) is 4.98 Å². The summed E-state index contributed by atoms with van der Waals surface area (Å²) >= 11 is 0. The Morgan fingerprint density at radius 1 is 1.10 bits per heavy atom. The number of hydrogen-bond acceptors (Lipinski definition) is 2. The third-order valence-corrected chi connectivity index (χ3v) is 3.45. The fourth-order valence-corrected chi connectivity index (χ4v) is 2.33. The number of H-pyrrole nitrogens is 1. The van der Waals surface area contributed by atoms with Crippen molar-refractivity contribution in [2.24, 2.45) is 5.73 Å². The fraction of sp³-hybridized carbons (Fsp3) is 0.176. The smallest absolute Gasteiger partial charge is 0.128 e. The molecule has 20 heavy (non-hydrogen) atoms. The number of aromatic nitrogens is 1. The molecule has 0 saturated carbocycles. The molecule has 0 aliphatic heterocycles. The molecule has 0 fully saturated rings. The number of fused-ring (bicyclic) bond motifs is 1. The van der Waals surface area contributed by atoms with Gasteiger partial charge in [0.15, 0.2) is 0 Å². The molecule has 1 heterocycles. The van der Waals surface area contributed by atoms with Crippen molar-refractivity contribution in [3.05, 3.63) is 65.4 Å². The molecular weight excluding hydrogens is 248 g/mol. The van der Waals surface area contributed by atoms with Crippen molar-refractivity contribution in [3.8, 4) is 5.75 Å². The van der Waals surface area contributed by atoms with Crippen molar-refractivity contribution in [1.29, 1.82) is 0 Å². The minimum Gasteiger partial charge on any atom is -0.487 e. The predicted molar refractivity (Wildman–Crippen MR) is 81.7 cm³/mol. The van der Waals surface area contributed by atoms with Gasteiger partial charge in [-0.1, -0.05) is 29.8 Å². The summed E-state index contributed by atoms with van der Waals surface area (Å²) in [6.45, 7) is 3.14. The molecule has 0 radical (unpaired) electrons. The van der Waals surface area contributed by atoms with Gasteiger partial charge in [-0.3, -0.25) is 0 Å². The van der Waals surface area contributed by atoms with Crippen molar-refractivity contribution in [2.75, 3.05) is 0 Å². The van der Waals surface area contributed by atoms with E-state index in [9.17, 15) is 0 Å². The van der Waals surface area contributed by atoms with Crippen molar-refractivity contribution >= 4 is 10.9 Å². The number of hydrogen-bond donors (Lipinski definition) is 2. The van der Waals surface area contributed by atoms with Crippen molar-refractivity contribution < 1.29 is 4.74 Å². The van der Waals surface area contributed by atoms with Gasteiger partial charge < -0.3 is 15.5 Å². The van der Waals surface area contributed by atoms with E-state index in [0.29, 0.717) is 13.2 Å². The van der Waals surface area contributed by atoms with E-state index < -0.39 is 0 Å². The van der Waals surface area contributed by atoms with Gasteiger partial charge in [-0.15, -0.1) is 0 Å². The predicted octanol–water partition coefficient (Wildman–Crippen LogP) is 3.51. The molecule has 3 rings (SSSR count). The van der Waals surface area contributed by atoms with Crippen LogP contribution < -0.4 is 10.5 Å². The zero-order valence-electron chi connectivity index (χ0n) is 11.5. The SMILES string of the molecule is Cc1ccc(OCc2cc3c(CN)cccc3[nH]2)cc1. The Balaban J connectivity index is 1.79. The molecule has 1 aromatic heterocycles. The number of ether oxygens (including phenoxy) is 1. The average molecular weight is 266 g/mol. The summed E-state index contributed by atoms with van der Waals surface area (Å²) < 4.78 is 5.79. The van der Waals surface area contributed by atoms with Gasteiger partial charge in [0.25, 0.3) is 0 Å². The minimum atomic E-state index is 0.530. The van der Waals surface area contributed by atoms with Crippen LogP contribution in [0.5, 0.6) is 5.75 Å². The molecule has 0 amide bonds. The molecule has 3 N–H and O–H groups in total. The zero-order valence-corrected chi connectivity index (χ0v) is 11.5. The summed E-state index contributed by atoms with van der Waals surface area (Å²) in [5.74, 6) is 0.883. The van der Waals surface area contributed by atoms with Crippen LogP contribution in [-0.2, 0) is 13.2 Å². The standard InChI is InChI=1S/C17H18N2O/c1-12-5-7-15(8-6-12)20-11-14-9-16-13(10-18)3-2-4-17(16)19-14/h2-9,19H,10-11,18H2,1H3. The first-order valence-electron chi connectivity index (χ1n) is 6.75. The summed E-state index contributed by atoms with van der Waals surface area (Å²) in [6.07, 6.45) is 0. The molecule has 0 saturated heterocycles. The lowest BCUT2D eigenvalue weighted by Gasteiger charge is -2.04. The monoisotopic (exact) mass is 266 g/mol. The van der Waals surface area contributed by atoms with E-state index >= 15 is 0 Å². The number of aromatic amines is 1. The highest BCUT2D eigenvalue weighted by atomic mass is 16.5. The van der Waals surface area contributed by atoms with Gasteiger partial charge in [0.05, 0.1) is 5.69 Å². The van der Waals surface area contributed by atoms with Crippen LogP contribution in [0.25, 0.3) is 10.9 Å². The first-order chi connectivity index (χ1) is 9.76. The molecule has 0 aliphatic carbocycles. The molecule has 2 aromatic carbocycles. The van der Waals surface area contributed by atoms with E-state index in [1.54, 1.807) is 0 Å². The number of rotatable bonds is 4. The van der Waals surface area contributed by atoms with Crippen LogP contribution in [0.2, 0.25) is 0 Å². The van der Waals surface area contributed by atoms with Crippen LogP contribution in [0.3, 0.4) is 0 Å². The second-order valence-corrected chi connectivity index (χ2v) is 4.98. The maximum atomic E-state index is 5.79. The quantitative estimate of drug-likeness (QED) is 0.759. The lowest BCUT2D eigenvalue weighted by Crippen LogP contribution is -1.96. The molecule has 102 valence electrons. The maximum Gasteiger partial charge on any atom is 0.128 e. The van der Waals surface area contributed by atoms with Crippen LogP contribution in [0, 0.1) is 6.92 Å². The van der Waals surface area contributed by atoms with Gasteiger partial charge in [-0.2, -0.15) is 0 Å². The summed E-state index contributed by atoms with van der Waals surface area (Å²) in [5.41, 5.74) is 10.3. The zero-order chi connectivity index (χ0) is 13.9. The molecule has 0 atom stereocenters. The minimum absolute atomic E-state index is 0.530. The Bertz CT molecular complexity index is 713. The molecule has 0 spiro atoms.